The summed E-state index contributed by atoms with van der Waals surface area (Å²) in [6, 6.07) is 19.2. The van der Waals surface area contributed by atoms with Crippen molar-refractivity contribution in [2.45, 2.75) is 25.9 Å². The number of nitrogens with one attached hydrogen (secondary N) is 1. The molecule has 0 bridgehead atoms. The zero-order valence-corrected chi connectivity index (χ0v) is 21.9. The molecule has 1 unspecified atom stereocenters. The molecule has 4 aromatic rings. The van der Waals surface area contributed by atoms with Crippen LogP contribution in [-0.2, 0) is 17.8 Å². The number of carboxylic acids is 1. The summed E-state index contributed by atoms with van der Waals surface area (Å²) in [6.45, 7) is 2.09. The van der Waals surface area contributed by atoms with Crippen LogP contribution in [0.25, 0.3) is 10.9 Å². The van der Waals surface area contributed by atoms with Gasteiger partial charge in [0, 0.05) is 34.4 Å². The molecule has 0 saturated carbocycles. The minimum atomic E-state index is -1.08. The molecule has 2 amide bonds. The maximum Gasteiger partial charge on any atom is 0.261 e. The molecule has 9 heteroatoms. The minimum absolute atomic E-state index is 0.0731. The number of nitrogens with zero attached hydrogens (tertiary/aromatic N) is 1. The monoisotopic (exact) mass is 527 g/mol. The van der Waals surface area contributed by atoms with Crippen molar-refractivity contribution in [3.05, 3.63) is 94.2 Å². The van der Waals surface area contributed by atoms with Crippen LogP contribution in [0.3, 0.4) is 0 Å². The van der Waals surface area contributed by atoms with Crippen molar-refractivity contribution in [3.63, 3.8) is 0 Å². The fourth-order valence-corrected chi connectivity index (χ4v) is 5.39. The van der Waals surface area contributed by atoms with E-state index in [2.05, 4.69) is 34.6 Å². The number of carboxylic acid groups (broad SMARTS) is 1. The summed E-state index contributed by atoms with van der Waals surface area (Å²) in [7, 11) is 3.29. The summed E-state index contributed by atoms with van der Waals surface area (Å²) >= 11 is 0. The molecule has 3 N–H and O–H groups in total. The van der Waals surface area contributed by atoms with E-state index in [0.29, 0.717) is 16.9 Å². The number of fused-ring (bicyclic) bond motifs is 4. The van der Waals surface area contributed by atoms with Gasteiger partial charge in [-0.3, -0.25) is 14.5 Å². The molecule has 0 spiro atoms. The Balaban J connectivity index is 0.000000723. The molecule has 200 valence electrons. The maximum absolute atomic E-state index is 13.0. The lowest BCUT2D eigenvalue weighted by Crippen LogP contribution is -2.87. The number of carbonyl (C=O) groups is 3. The summed E-state index contributed by atoms with van der Waals surface area (Å²) in [6.07, 6.45) is 0.969. The second kappa shape index (κ2) is 10.6. The van der Waals surface area contributed by atoms with Crippen molar-refractivity contribution in [2.24, 2.45) is 0 Å². The third-order valence-electron chi connectivity index (χ3n) is 7.12. The minimum Gasteiger partial charge on any atom is -0.550 e. The topological polar surface area (TPSA) is 128 Å². The molecule has 2 aliphatic rings. The van der Waals surface area contributed by atoms with Crippen molar-refractivity contribution in [1.29, 1.82) is 0 Å². The van der Waals surface area contributed by atoms with Crippen molar-refractivity contribution in [2.75, 3.05) is 20.8 Å². The molecule has 2 aliphatic heterocycles. The number of aromatic nitrogens is 1. The van der Waals surface area contributed by atoms with Crippen LogP contribution in [0.2, 0.25) is 0 Å². The van der Waals surface area contributed by atoms with Gasteiger partial charge < -0.3 is 29.7 Å². The Morgan fingerprint density at radius 3 is 2.36 bits per heavy atom. The summed E-state index contributed by atoms with van der Waals surface area (Å²) in [4.78, 5) is 39.7. The average molecular weight is 528 g/mol. The summed E-state index contributed by atoms with van der Waals surface area (Å²) in [5.74, 6) is -0.121. The van der Waals surface area contributed by atoms with Crippen LogP contribution < -0.4 is 19.9 Å². The van der Waals surface area contributed by atoms with Crippen LogP contribution in [0.5, 0.6) is 11.5 Å². The number of hydrogen-bond donors (Lipinski definition) is 2. The van der Waals surface area contributed by atoms with Gasteiger partial charge in [0.1, 0.15) is 11.5 Å². The predicted molar refractivity (Wildman–Crippen MR) is 142 cm³/mol. The van der Waals surface area contributed by atoms with Gasteiger partial charge in [0.15, 0.2) is 6.04 Å². The SMILES string of the molecule is CC(=O)[O-].COc1ccc2[nH]c3c(c2c1)CC[NH2+]C3c1ccc(OC)c(CN2C(=O)c3ccccc3C2=O)c1. The number of hydrogen-bond acceptors (Lipinski definition) is 6. The Labute approximate surface area is 225 Å². The van der Waals surface area contributed by atoms with E-state index >= 15 is 0 Å². The summed E-state index contributed by atoms with van der Waals surface area (Å²) in [5.41, 5.74) is 6.38. The fraction of sp³-hybridized carbons (Fsp3) is 0.233. The molecule has 39 heavy (non-hydrogen) atoms. The van der Waals surface area contributed by atoms with Crippen LogP contribution >= 0.6 is 0 Å². The molecule has 0 aliphatic carbocycles. The molecule has 1 atom stereocenters. The van der Waals surface area contributed by atoms with Crippen LogP contribution in [-0.4, -0.2) is 48.4 Å². The Hall–Kier alpha value is -4.63. The van der Waals surface area contributed by atoms with Gasteiger partial charge in [-0.1, -0.05) is 12.1 Å². The Kier molecular flexibility index (Phi) is 7.08. The number of rotatable bonds is 5. The number of nitrogens with two attached hydrogens (primary N) is 1. The number of benzene rings is 3. The van der Waals surface area contributed by atoms with E-state index in [1.54, 1.807) is 38.5 Å². The number of amides is 2. The number of imide groups is 1. The second-order valence-electron chi connectivity index (χ2n) is 9.49. The van der Waals surface area contributed by atoms with Crippen LogP contribution in [0.15, 0.2) is 60.7 Å². The highest BCUT2D eigenvalue weighted by atomic mass is 16.5. The van der Waals surface area contributed by atoms with Gasteiger partial charge in [-0.15, -0.1) is 0 Å². The van der Waals surface area contributed by atoms with Crippen LogP contribution in [0.4, 0.5) is 0 Å². The number of carbonyl (C=O) groups excluding carboxylic acids is 3. The lowest BCUT2D eigenvalue weighted by molar-refractivity contribution is -0.690. The largest absolute Gasteiger partial charge is 0.550 e. The second-order valence-corrected chi connectivity index (χ2v) is 9.49. The number of H-pyrrole nitrogens is 1. The quantitative estimate of drug-likeness (QED) is 0.382. The van der Waals surface area contributed by atoms with E-state index in [0.717, 1.165) is 42.3 Å². The number of methoxy groups -OCH3 is 2. The Morgan fingerprint density at radius 1 is 1.03 bits per heavy atom. The third kappa shape index (κ3) is 4.84. The Morgan fingerprint density at radius 2 is 1.72 bits per heavy atom. The number of aliphatic carboxylic acids is 1. The van der Waals surface area contributed by atoms with Gasteiger partial charge in [-0.25, -0.2) is 0 Å². The molecule has 3 aromatic carbocycles. The molecular formula is C30H29N3O6. The average Bonchev–Trinajstić information content (AvgIpc) is 3.43. The highest BCUT2D eigenvalue weighted by Gasteiger charge is 2.36. The molecule has 0 saturated heterocycles. The summed E-state index contributed by atoms with van der Waals surface area (Å²) in [5, 5.41) is 12.4. The van der Waals surface area contributed by atoms with E-state index in [1.165, 1.54) is 21.5 Å². The molecule has 0 fully saturated rings. The third-order valence-corrected chi connectivity index (χ3v) is 7.12. The number of ether oxygens (including phenoxy) is 2. The first-order chi connectivity index (χ1) is 18.8. The van der Waals surface area contributed by atoms with Gasteiger partial charge in [0.2, 0.25) is 0 Å². The molecule has 0 radical (unpaired) electrons. The number of quaternary nitrogens is 1. The predicted octanol–water partition coefficient (Wildman–Crippen LogP) is 1.95. The zero-order chi connectivity index (χ0) is 27.7. The molecule has 9 nitrogen and oxygen atoms in total. The van der Waals surface area contributed by atoms with Crippen molar-refractivity contribution in [1.82, 2.24) is 9.88 Å². The fourth-order valence-electron chi connectivity index (χ4n) is 5.39. The van der Waals surface area contributed by atoms with E-state index in [4.69, 9.17) is 19.4 Å². The number of aromatic amines is 1. The molecule has 6 rings (SSSR count). The first-order valence-corrected chi connectivity index (χ1v) is 12.6. The van der Waals surface area contributed by atoms with Gasteiger partial charge in [0.25, 0.3) is 11.8 Å². The Bertz CT molecular complexity index is 1550. The molecular weight excluding hydrogens is 498 g/mol. The van der Waals surface area contributed by atoms with Crippen molar-refractivity contribution in [3.8, 4) is 11.5 Å². The first-order valence-electron chi connectivity index (χ1n) is 12.6. The van der Waals surface area contributed by atoms with Crippen LogP contribution in [0, 0.1) is 0 Å². The normalized spacial score (nSPS) is 15.9. The summed E-state index contributed by atoms with van der Waals surface area (Å²) < 4.78 is 11.1. The highest BCUT2D eigenvalue weighted by molar-refractivity contribution is 6.21. The highest BCUT2D eigenvalue weighted by Crippen LogP contribution is 2.35. The van der Waals surface area contributed by atoms with Crippen molar-refractivity contribution >= 4 is 28.7 Å². The first kappa shape index (κ1) is 26.0. The van der Waals surface area contributed by atoms with Crippen LogP contribution in [0.1, 0.15) is 56.1 Å². The lowest BCUT2D eigenvalue weighted by Gasteiger charge is -2.23. The van der Waals surface area contributed by atoms with E-state index in [1.807, 2.05) is 12.1 Å². The lowest BCUT2D eigenvalue weighted by atomic mass is 9.93. The smallest absolute Gasteiger partial charge is 0.261 e. The van der Waals surface area contributed by atoms with Gasteiger partial charge in [0.05, 0.1) is 44.1 Å². The van der Waals surface area contributed by atoms with Crippen molar-refractivity contribution < 1.29 is 34.3 Å². The molecule has 1 aromatic heterocycles. The standard InChI is InChI=1S/C28H25N3O4.C2H4O2/c1-34-18-8-9-23-22(14-18)19-11-12-29-25(26(19)30-23)16-7-10-24(35-2)17(13-16)15-31-27(32)20-5-3-4-6-21(20)28(31)33;1-2(3)4/h3-10,13-14,25,29-30H,11-12,15H2,1-2H3;1H3,(H,3,4). The maximum atomic E-state index is 13.0. The van der Waals surface area contributed by atoms with E-state index < -0.39 is 5.97 Å². The van der Waals surface area contributed by atoms with E-state index in [-0.39, 0.29) is 24.4 Å². The van der Waals surface area contributed by atoms with Gasteiger partial charge >= 0.3 is 0 Å². The van der Waals surface area contributed by atoms with Gasteiger partial charge in [-0.05, 0) is 61.0 Å². The van der Waals surface area contributed by atoms with Gasteiger partial charge in [-0.2, -0.15) is 0 Å². The van der Waals surface area contributed by atoms with E-state index in [9.17, 15) is 9.59 Å². The zero-order valence-electron chi connectivity index (χ0n) is 21.9. The molecule has 3 heterocycles.